The third kappa shape index (κ3) is 3.47. The van der Waals surface area contributed by atoms with Crippen molar-refractivity contribution in [1.82, 2.24) is 0 Å². The van der Waals surface area contributed by atoms with Crippen LogP contribution < -0.4 is 0 Å². The topological polar surface area (TPSA) is 57.5 Å². The molecule has 0 spiro atoms. The molecule has 1 aromatic carbocycles. The van der Waals surface area contributed by atoms with Gasteiger partial charge in [-0.3, -0.25) is 0 Å². The monoisotopic (exact) mass is 306 g/mol. The average Bonchev–Trinajstić information content (AvgIpc) is 2.26. The zero-order chi connectivity index (χ0) is 12.1. The lowest BCUT2D eigenvalue weighted by atomic mass is 10.0. The first-order valence-corrected chi connectivity index (χ1v) is 6.14. The molecule has 0 fully saturated rings. The van der Waals surface area contributed by atoms with Gasteiger partial charge >= 0.3 is 5.97 Å². The molecule has 0 aromatic heterocycles. The van der Waals surface area contributed by atoms with Gasteiger partial charge < -0.3 is 10.2 Å². The summed E-state index contributed by atoms with van der Waals surface area (Å²) in [5.41, 5.74) is 1.43. The molecule has 0 aliphatic heterocycles. The minimum atomic E-state index is -1.47. The Morgan fingerprint density at radius 1 is 1.50 bits per heavy atom. The molecule has 0 heterocycles. The van der Waals surface area contributed by atoms with Gasteiger partial charge in [0.2, 0.25) is 0 Å². The number of alkyl halides is 1. The van der Waals surface area contributed by atoms with Crippen molar-refractivity contribution < 1.29 is 15.0 Å². The predicted octanol–water partition coefficient (Wildman–Crippen LogP) is 2.74. The van der Waals surface area contributed by atoms with E-state index < -0.39 is 12.1 Å². The van der Waals surface area contributed by atoms with Gasteiger partial charge in [-0.25, -0.2) is 4.79 Å². The molecule has 88 valence electrons. The molecule has 0 aliphatic rings. The number of carboxylic acids is 1. The molecule has 1 aromatic rings. The highest BCUT2D eigenvalue weighted by Gasteiger charge is 2.16. The van der Waals surface area contributed by atoms with E-state index in [1.807, 2.05) is 0 Å². The second kappa shape index (κ2) is 6.23. The molecular formula is C11H12BrClO3. The zero-order valence-electron chi connectivity index (χ0n) is 8.49. The molecule has 1 unspecified atom stereocenters. The van der Waals surface area contributed by atoms with Gasteiger partial charge in [0.1, 0.15) is 0 Å². The molecular weight excluding hydrogens is 295 g/mol. The van der Waals surface area contributed by atoms with E-state index in [0.29, 0.717) is 11.4 Å². The fourth-order valence-electron chi connectivity index (χ4n) is 1.34. The van der Waals surface area contributed by atoms with E-state index in [2.05, 4.69) is 15.9 Å². The predicted molar refractivity (Wildman–Crippen MR) is 65.8 cm³/mol. The van der Waals surface area contributed by atoms with Gasteiger partial charge in [-0.15, -0.1) is 11.6 Å². The van der Waals surface area contributed by atoms with Crippen LogP contribution in [0.2, 0.25) is 0 Å². The van der Waals surface area contributed by atoms with Crippen LogP contribution >= 0.6 is 27.5 Å². The fourth-order valence-corrected chi connectivity index (χ4v) is 2.06. The van der Waals surface area contributed by atoms with Crippen molar-refractivity contribution in [3.63, 3.8) is 0 Å². The maximum atomic E-state index is 10.6. The number of aryl methyl sites for hydroxylation is 1. The number of aliphatic carboxylic acids is 1. The second-order valence-corrected chi connectivity index (χ2v) is 4.62. The van der Waals surface area contributed by atoms with Crippen molar-refractivity contribution in [2.75, 3.05) is 5.88 Å². The molecule has 16 heavy (non-hydrogen) atoms. The molecule has 5 heteroatoms. The first-order chi connectivity index (χ1) is 7.56. The third-order valence-corrected chi connectivity index (χ3v) is 3.21. The summed E-state index contributed by atoms with van der Waals surface area (Å²) < 4.78 is 0.801. The number of halogens is 2. The van der Waals surface area contributed by atoms with Crippen LogP contribution in [0.1, 0.15) is 23.7 Å². The van der Waals surface area contributed by atoms with Crippen LogP contribution in [0.15, 0.2) is 22.7 Å². The van der Waals surface area contributed by atoms with Crippen LogP contribution in [0, 0.1) is 0 Å². The van der Waals surface area contributed by atoms with Gasteiger partial charge in [-0.2, -0.15) is 0 Å². The molecule has 0 bridgehead atoms. The SMILES string of the molecule is O=C(O)C(O)c1ccc(CCCCl)c(Br)c1. The van der Waals surface area contributed by atoms with Crippen molar-refractivity contribution in [2.45, 2.75) is 18.9 Å². The maximum Gasteiger partial charge on any atom is 0.337 e. The van der Waals surface area contributed by atoms with Crippen molar-refractivity contribution in [3.05, 3.63) is 33.8 Å². The number of aliphatic hydroxyl groups is 1. The van der Waals surface area contributed by atoms with E-state index in [1.54, 1.807) is 18.2 Å². The highest BCUT2D eigenvalue weighted by molar-refractivity contribution is 9.10. The second-order valence-electron chi connectivity index (χ2n) is 3.38. The van der Waals surface area contributed by atoms with Crippen LogP contribution in [0.4, 0.5) is 0 Å². The third-order valence-electron chi connectivity index (χ3n) is 2.21. The fraction of sp³-hybridized carbons (Fsp3) is 0.364. The number of hydrogen-bond acceptors (Lipinski definition) is 2. The number of benzene rings is 1. The van der Waals surface area contributed by atoms with Gasteiger partial charge in [0, 0.05) is 10.4 Å². The molecule has 2 N–H and O–H groups in total. The summed E-state index contributed by atoms with van der Waals surface area (Å²) in [5.74, 6) is -0.660. The minimum absolute atomic E-state index is 0.369. The Morgan fingerprint density at radius 2 is 2.19 bits per heavy atom. The summed E-state index contributed by atoms with van der Waals surface area (Å²) in [5, 5.41) is 18.0. The van der Waals surface area contributed by atoms with E-state index in [0.717, 1.165) is 22.9 Å². The highest BCUT2D eigenvalue weighted by atomic mass is 79.9. The quantitative estimate of drug-likeness (QED) is 0.822. The normalized spacial score (nSPS) is 12.4. The van der Waals surface area contributed by atoms with Crippen molar-refractivity contribution in [3.8, 4) is 0 Å². The molecule has 0 amide bonds. The van der Waals surface area contributed by atoms with Gasteiger partial charge in [-0.1, -0.05) is 28.1 Å². The molecule has 3 nitrogen and oxygen atoms in total. The molecule has 0 aliphatic carbocycles. The summed E-state index contributed by atoms with van der Waals surface area (Å²) >= 11 is 8.94. The van der Waals surface area contributed by atoms with Crippen LogP contribution in [0.5, 0.6) is 0 Å². The molecule has 0 radical (unpaired) electrons. The Kier molecular flexibility index (Phi) is 5.25. The van der Waals surface area contributed by atoms with Gasteiger partial charge in [0.05, 0.1) is 0 Å². The molecule has 0 saturated carbocycles. The van der Waals surface area contributed by atoms with E-state index in [-0.39, 0.29) is 0 Å². The molecule has 0 saturated heterocycles. The number of carbonyl (C=O) groups is 1. The summed E-state index contributed by atoms with van der Waals surface area (Å²) in [4.78, 5) is 10.6. The lowest BCUT2D eigenvalue weighted by Gasteiger charge is -2.09. The van der Waals surface area contributed by atoms with Crippen molar-refractivity contribution >= 4 is 33.5 Å². The van der Waals surface area contributed by atoms with E-state index in [1.165, 1.54) is 0 Å². The summed E-state index contributed by atoms with van der Waals surface area (Å²) in [6, 6.07) is 5.05. The van der Waals surface area contributed by atoms with Gasteiger partial charge in [-0.05, 0) is 30.0 Å². The Balaban J connectivity index is 2.86. The Hall–Kier alpha value is -0.580. The number of hydrogen-bond donors (Lipinski definition) is 2. The van der Waals surface area contributed by atoms with E-state index in [9.17, 15) is 9.90 Å². The lowest BCUT2D eigenvalue weighted by molar-refractivity contribution is -0.146. The van der Waals surface area contributed by atoms with Gasteiger partial charge in [0.25, 0.3) is 0 Å². The molecule has 1 rings (SSSR count). The van der Waals surface area contributed by atoms with Crippen LogP contribution in [-0.2, 0) is 11.2 Å². The summed E-state index contributed by atoms with van der Waals surface area (Å²) in [6.45, 7) is 0. The average molecular weight is 308 g/mol. The minimum Gasteiger partial charge on any atom is -0.479 e. The first-order valence-electron chi connectivity index (χ1n) is 4.81. The Morgan fingerprint density at radius 3 is 2.69 bits per heavy atom. The number of rotatable bonds is 5. The van der Waals surface area contributed by atoms with Gasteiger partial charge in [0.15, 0.2) is 6.10 Å². The standard InChI is InChI=1S/C11H12BrClO3/c12-9-6-8(10(14)11(15)16)4-3-7(9)2-1-5-13/h3-4,6,10,14H,1-2,5H2,(H,15,16). The van der Waals surface area contributed by atoms with Crippen LogP contribution in [0.3, 0.4) is 0 Å². The van der Waals surface area contributed by atoms with Crippen molar-refractivity contribution in [1.29, 1.82) is 0 Å². The van der Waals surface area contributed by atoms with Crippen molar-refractivity contribution in [2.24, 2.45) is 0 Å². The zero-order valence-corrected chi connectivity index (χ0v) is 10.8. The largest absolute Gasteiger partial charge is 0.479 e. The summed E-state index contributed by atoms with van der Waals surface area (Å²) in [6.07, 6.45) is 0.215. The lowest BCUT2D eigenvalue weighted by Crippen LogP contribution is -2.10. The summed E-state index contributed by atoms with van der Waals surface area (Å²) in [7, 11) is 0. The number of carboxylic acid groups (broad SMARTS) is 1. The highest BCUT2D eigenvalue weighted by Crippen LogP contribution is 2.23. The Bertz CT molecular complexity index is 381. The maximum absolute atomic E-state index is 10.6. The van der Waals surface area contributed by atoms with E-state index >= 15 is 0 Å². The van der Waals surface area contributed by atoms with E-state index in [4.69, 9.17) is 16.7 Å². The van der Waals surface area contributed by atoms with Crippen LogP contribution in [-0.4, -0.2) is 22.1 Å². The smallest absolute Gasteiger partial charge is 0.337 e. The van der Waals surface area contributed by atoms with Crippen LogP contribution in [0.25, 0.3) is 0 Å². The Labute approximate surface area is 107 Å². The first kappa shape index (κ1) is 13.5. The molecule has 1 atom stereocenters. The number of aliphatic hydroxyl groups excluding tert-OH is 1.